The summed E-state index contributed by atoms with van der Waals surface area (Å²) in [5.41, 5.74) is 1.85. The minimum atomic E-state index is -0.261. The fourth-order valence-electron chi connectivity index (χ4n) is 2.38. The number of H-pyrrole nitrogens is 1. The van der Waals surface area contributed by atoms with E-state index in [2.05, 4.69) is 20.5 Å². The van der Waals surface area contributed by atoms with Gasteiger partial charge in [0.05, 0.1) is 11.8 Å². The summed E-state index contributed by atoms with van der Waals surface area (Å²) in [5.74, 6) is 0.968. The van der Waals surface area contributed by atoms with E-state index in [0.29, 0.717) is 17.9 Å². The van der Waals surface area contributed by atoms with Gasteiger partial charge in [-0.15, -0.1) is 10.2 Å². The highest BCUT2D eigenvalue weighted by Crippen LogP contribution is 2.26. The highest BCUT2D eigenvalue weighted by Gasteiger charge is 2.09. The molecule has 0 saturated heterocycles. The third-order valence-corrected chi connectivity index (χ3v) is 3.48. The monoisotopic (exact) mass is 336 g/mol. The van der Waals surface area contributed by atoms with Crippen molar-refractivity contribution in [3.05, 3.63) is 76.2 Å². The molecule has 0 radical (unpaired) electrons. The molecule has 6 nitrogen and oxygen atoms in total. The van der Waals surface area contributed by atoms with E-state index in [4.69, 9.17) is 4.74 Å². The van der Waals surface area contributed by atoms with Crippen LogP contribution in [-0.4, -0.2) is 21.3 Å². The molecule has 2 aromatic carbocycles. The zero-order chi connectivity index (χ0) is 17.6. The van der Waals surface area contributed by atoms with Crippen LogP contribution in [0.15, 0.2) is 59.4 Å². The van der Waals surface area contributed by atoms with E-state index in [9.17, 15) is 4.79 Å². The summed E-state index contributed by atoms with van der Waals surface area (Å²) in [5, 5.41) is 11.2. The fourth-order valence-corrected chi connectivity index (χ4v) is 2.38. The smallest absolute Gasteiger partial charge is 0.274 e. The number of rotatable bonds is 6. The quantitative estimate of drug-likeness (QED) is 0.722. The second-order valence-corrected chi connectivity index (χ2v) is 5.90. The summed E-state index contributed by atoms with van der Waals surface area (Å²) in [4.78, 5) is 15.0. The molecule has 128 valence electrons. The van der Waals surface area contributed by atoms with Gasteiger partial charge in [0, 0.05) is 6.42 Å². The molecule has 6 heteroatoms. The Bertz CT molecular complexity index is 891. The van der Waals surface area contributed by atoms with Crippen molar-refractivity contribution in [1.29, 1.82) is 0 Å². The van der Waals surface area contributed by atoms with Crippen molar-refractivity contribution < 1.29 is 4.74 Å². The van der Waals surface area contributed by atoms with Gasteiger partial charge >= 0.3 is 0 Å². The summed E-state index contributed by atoms with van der Waals surface area (Å²) in [6.45, 7) is 3.91. The largest absolute Gasteiger partial charge is 0.489 e. The lowest BCUT2D eigenvalue weighted by Gasteiger charge is -2.14. The van der Waals surface area contributed by atoms with Gasteiger partial charge in [0.1, 0.15) is 11.4 Å². The van der Waals surface area contributed by atoms with Crippen LogP contribution in [0, 0.1) is 0 Å². The van der Waals surface area contributed by atoms with E-state index in [1.54, 1.807) is 0 Å². The van der Waals surface area contributed by atoms with Gasteiger partial charge in [-0.1, -0.05) is 42.5 Å². The molecule has 0 amide bonds. The van der Waals surface area contributed by atoms with Crippen LogP contribution in [0.25, 0.3) is 0 Å². The van der Waals surface area contributed by atoms with Gasteiger partial charge in [-0.3, -0.25) is 9.78 Å². The second-order valence-electron chi connectivity index (χ2n) is 5.90. The van der Waals surface area contributed by atoms with E-state index in [-0.39, 0.29) is 17.6 Å². The molecule has 0 unspecified atom stereocenters. The van der Waals surface area contributed by atoms with Crippen LogP contribution >= 0.6 is 0 Å². The van der Waals surface area contributed by atoms with E-state index in [1.165, 1.54) is 0 Å². The number of aromatic amines is 1. The van der Waals surface area contributed by atoms with Gasteiger partial charge in [0.2, 0.25) is 5.95 Å². The molecule has 0 spiro atoms. The van der Waals surface area contributed by atoms with Gasteiger partial charge in [-0.05, 0) is 31.5 Å². The predicted octanol–water partition coefficient (Wildman–Crippen LogP) is 3.29. The highest BCUT2D eigenvalue weighted by atomic mass is 16.5. The van der Waals surface area contributed by atoms with Crippen LogP contribution in [0.4, 0.5) is 11.6 Å². The van der Waals surface area contributed by atoms with Crippen LogP contribution in [0.3, 0.4) is 0 Å². The Labute approximate surface area is 145 Å². The topological polar surface area (TPSA) is 79.9 Å². The van der Waals surface area contributed by atoms with E-state index in [0.717, 1.165) is 11.3 Å². The Balaban J connectivity index is 1.79. The molecule has 3 rings (SSSR count). The summed E-state index contributed by atoms with van der Waals surface area (Å²) in [6.07, 6.45) is 0.484. The van der Waals surface area contributed by atoms with Crippen molar-refractivity contribution in [2.75, 3.05) is 5.32 Å². The van der Waals surface area contributed by atoms with Gasteiger partial charge in [-0.2, -0.15) is 0 Å². The van der Waals surface area contributed by atoms with Crippen LogP contribution in [0.2, 0.25) is 0 Å². The Morgan fingerprint density at radius 3 is 2.48 bits per heavy atom. The van der Waals surface area contributed by atoms with E-state index >= 15 is 0 Å². The highest BCUT2D eigenvalue weighted by molar-refractivity contribution is 5.62. The Hall–Kier alpha value is -3.15. The van der Waals surface area contributed by atoms with Crippen molar-refractivity contribution in [1.82, 2.24) is 15.2 Å². The summed E-state index contributed by atoms with van der Waals surface area (Å²) < 4.78 is 5.75. The summed E-state index contributed by atoms with van der Waals surface area (Å²) in [7, 11) is 0. The normalized spacial score (nSPS) is 10.7. The molecule has 0 bridgehead atoms. The maximum Gasteiger partial charge on any atom is 0.274 e. The van der Waals surface area contributed by atoms with Crippen molar-refractivity contribution in [2.45, 2.75) is 26.4 Å². The third-order valence-electron chi connectivity index (χ3n) is 3.48. The number of aromatic nitrogens is 3. The van der Waals surface area contributed by atoms with Crippen LogP contribution in [0.5, 0.6) is 5.75 Å². The first-order valence-corrected chi connectivity index (χ1v) is 8.14. The maximum absolute atomic E-state index is 12.3. The lowest BCUT2D eigenvalue weighted by atomic mass is 10.1. The number of benzene rings is 2. The van der Waals surface area contributed by atoms with E-state index < -0.39 is 0 Å². The molecule has 25 heavy (non-hydrogen) atoms. The lowest BCUT2D eigenvalue weighted by molar-refractivity contribution is 0.244. The second kappa shape index (κ2) is 7.61. The molecule has 2 N–H and O–H groups in total. The van der Waals surface area contributed by atoms with Crippen LogP contribution in [-0.2, 0) is 6.42 Å². The zero-order valence-electron chi connectivity index (χ0n) is 14.2. The average molecular weight is 336 g/mol. The van der Waals surface area contributed by atoms with Gasteiger partial charge < -0.3 is 10.1 Å². The number of nitrogens with one attached hydrogen (secondary N) is 2. The molecule has 0 aliphatic carbocycles. The molecule has 1 heterocycles. The van der Waals surface area contributed by atoms with Gasteiger partial charge in [0.15, 0.2) is 0 Å². The number of para-hydroxylation sites is 2. The first-order chi connectivity index (χ1) is 12.1. The van der Waals surface area contributed by atoms with Crippen LogP contribution < -0.4 is 15.6 Å². The Morgan fingerprint density at radius 2 is 1.76 bits per heavy atom. The lowest BCUT2D eigenvalue weighted by Crippen LogP contribution is -2.19. The average Bonchev–Trinajstić information content (AvgIpc) is 2.60. The zero-order valence-corrected chi connectivity index (χ0v) is 14.2. The van der Waals surface area contributed by atoms with Crippen molar-refractivity contribution in [3.63, 3.8) is 0 Å². The summed E-state index contributed by atoms with van der Waals surface area (Å²) >= 11 is 0. The van der Waals surface area contributed by atoms with E-state index in [1.807, 2.05) is 68.4 Å². The minimum absolute atomic E-state index is 0.0429. The minimum Gasteiger partial charge on any atom is -0.489 e. The number of ether oxygens (including phenoxy) is 1. The first kappa shape index (κ1) is 16.7. The Morgan fingerprint density at radius 1 is 1.04 bits per heavy atom. The molecule has 0 fully saturated rings. The number of hydrogen-bond donors (Lipinski definition) is 2. The predicted molar refractivity (Wildman–Crippen MR) is 97.4 cm³/mol. The molecular weight excluding hydrogens is 316 g/mol. The number of hydrogen-bond acceptors (Lipinski definition) is 5. The number of nitrogens with zero attached hydrogens (tertiary/aromatic N) is 2. The molecule has 0 aliphatic heterocycles. The summed E-state index contributed by atoms with van der Waals surface area (Å²) in [6, 6.07) is 17.2. The standard InChI is InChI=1S/C19H20N4O2/c1-13(2)25-17-11-7-6-10-15(17)20-19-21-18(24)16(22-23-19)12-14-8-4-3-5-9-14/h3-11,13H,12H2,1-2H3,(H2,20,21,23,24). The first-order valence-electron chi connectivity index (χ1n) is 8.14. The molecule has 0 atom stereocenters. The van der Waals surface area contributed by atoms with Crippen molar-refractivity contribution in [2.24, 2.45) is 0 Å². The SMILES string of the molecule is CC(C)Oc1ccccc1Nc1nnc(Cc2ccccc2)c(=O)[nH]1. The van der Waals surface area contributed by atoms with Gasteiger partial charge in [0.25, 0.3) is 5.56 Å². The Kier molecular flexibility index (Phi) is 5.09. The third kappa shape index (κ3) is 4.44. The molecule has 0 saturated carbocycles. The molecular formula is C19H20N4O2. The van der Waals surface area contributed by atoms with Crippen molar-refractivity contribution in [3.8, 4) is 5.75 Å². The van der Waals surface area contributed by atoms with Crippen molar-refractivity contribution >= 4 is 11.6 Å². The molecule has 1 aromatic heterocycles. The fraction of sp³-hybridized carbons (Fsp3) is 0.211. The molecule has 3 aromatic rings. The maximum atomic E-state index is 12.3. The van der Waals surface area contributed by atoms with Gasteiger partial charge in [-0.25, -0.2) is 0 Å². The van der Waals surface area contributed by atoms with Crippen LogP contribution in [0.1, 0.15) is 25.1 Å². The number of anilines is 2. The molecule has 0 aliphatic rings.